The van der Waals surface area contributed by atoms with E-state index < -0.39 is 47.7 Å². The maximum Gasteiger partial charge on any atom is 0.407 e. The van der Waals surface area contributed by atoms with Gasteiger partial charge in [-0.2, -0.15) is 0 Å². The Morgan fingerprint density at radius 2 is 1.84 bits per heavy atom. The number of carboxylic acids is 1. The third-order valence-corrected chi connectivity index (χ3v) is 6.03. The monoisotopic (exact) mass is 520 g/mol. The minimum atomic E-state index is -1.86. The summed E-state index contributed by atoms with van der Waals surface area (Å²) in [6.07, 6.45) is 1.95. The molecule has 0 bridgehead atoms. The van der Waals surface area contributed by atoms with E-state index in [9.17, 15) is 24.0 Å². The molecule has 0 spiro atoms. The Balaban J connectivity index is 1.62. The molecule has 3 rings (SSSR count). The lowest BCUT2D eigenvalue weighted by atomic mass is 9.87. The molecule has 1 unspecified atom stereocenters. The van der Waals surface area contributed by atoms with Crippen molar-refractivity contribution in [2.24, 2.45) is 5.92 Å². The third kappa shape index (κ3) is 7.04. The number of benzene rings is 1. The molecule has 0 heterocycles. The molecule has 1 atom stereocenters. The van der Waals surface area contributed by atoms with Crippen LogP contribution in [0.15, 0.2) is 18.2 Å². The first-order chi connectivity index (χ1) is 17.5. The Kier molecular flexibility index (Phi) is 8.87. The number of hydrogen-bond acceptors (Lipinski definition) is 9. The van der Waals surface area contributed by atoms with E-state index in [-0.39, 0.29) is 23.6 Å². The number of ether oxygens (including phenoxy) is 2. The lowest BCUT2D eigenvalue weighted by Crippen LogP contribution is -2.38. The zero-order chi connectivity index (χ0) is 27.2. The van der Waals surface area contributed by atoms with Crippen LogP contribution in [-0.2, 0) is 39.2 Å². The molecule has 2 aliphatic rings. The summed E-state index contributed by atoms with van der Waals surface area (Å²) < 4.78 is 11.0. The Morgan fingerprint density at radius 1 is 1.14 bits per heavy atom. The van der Waals surface area contributed by atoms with Gasteiger partial charge in [0, 0.05) is 23.2 Å². The molecule has 0 aromatic heterocycles. The quantitative estimate of drug-likeness (QED) is 0.122. The molecule has 2 aliphatic carbocycles. The number of esters is 1. The molecule has 1 aromatic rings. The van der Waals surface area contributed by atoms with E-state index >= 15 is 0 Å². The Labute approximate surface area is 213 Å². The van der Waals surface area contributed by atoms with Crippen molar-refractivity contribution >= 4 is 30.2 Å². The lowest BCUT2D eigenvalue weighted by molar-refractivity contribution is -0.335. The number of amides is 2. The highest BCUT2D eigenvalue weighted by Gasteiger charge is 2.64. The number of Topliss-reactive ketones (excluding diaryl/α,β-unsaturated/α-hetero) is 1. The maximum absolute atomic E-state index is 13.3. The highest BCUT2D eigenvalue weighted by molar-refractivity contribution is 6.07. The van der Waals surface area contributed by atoms with Crippen LogP contribution in [0.1, 0.15) is 67.9 Å². The zero-order valence-electron chi connectivity index (χ0n) is 21.0. The average Bonchev–Trinajstić information content (AvgIpc) is 3.49. The van der Waals surface area contributed by atoms with E-state index in [1.807, 2.05) is 0 Å². The number of carbonyl (C=O) groups excluding carboxylic acids is 4. The summed E-state index contributed by atoms with van der Waals surface area (Å²) in [5.74, 6) is -2.39. The standard InChI is InChI=1S/C25H32N2O10/c1-24(2,3)36-23(33)27-11-15-7-9-16(10-8-15)35-22(32)25(37-34-13-20(30)31)18-6-4-5-17(21(18)25)19(29)12-26-14-28/h4-6,14-16H,7-13H2,1-3H3,(H,26,28)(H,27,33)(H,30,31)/t15-,16-,25?. The molecule has 0 saturated heterocycles. The second-order valence-corrected chi connectivity index (χ2v) is 10.0. The molecule has 1 aromatic carbocycles. The SMILES string of the molecule is CC(C)(C)OC(=O)NC[C@H]1CC[C@H](OC(=O)C2(OOCC(=O)O)c3cccc(C(=O)CNC=O)c32)CC1. The Hall–Kier alpha value is -3.51. The second kappa shape index (κ2) is 11.7. The summed E-state index contributed by atoms with van der Waals surface area (Å²) in [5.41, 5.74) is -1.76. The number of nitrogens with one attached hydrogen (secondary N) is 2. The smallest absolute Gasteiger partial charge is 0.407 e. The molecule has 0 aliphatic heterocycles. The number of aliphatic carboxylic acids is 1. The molecule has 37 heavy (non-hydrogen) atoms. The van der Waals surface area contributed by atoms with Crippen LogP contribution < -0.4 is 10.6 Å². The van der Waals surface area contributed by atoms with Crippen LogP contribution in [0.3, 0.4) is 0 Å². The van der Waals surface area contributed by atoms with Gasteiger partial charge in [-0.1, -0.05) is 18.2 Å². The summed E-state index contributed by atoms with van der Waals surface area (Å²) in [6.45, 7) is 4.69. The topological polar surface area (TPSA) is 167 Å². The average molecular weight is 521 g/mol. The second-order valence-electron chi connectivity index (χ2n) is 10.0. The number of carboxylic acid groups (broad SMARTS) is 1. The highest BCUT2D eigenvalue weighted by atomic mass is 17.2. The number of fused-ring (bicyclic) bond motifs is 1. The van der Waals surface area contributed by atoms with Gasteiger partial charge in [0.15, 0.2) is 12.4 Å². The molecule has 3 N–H and O–H groups in total. The van der Waals surface area contributed by atoms with Gasteiger partial charge in [-0.05, 0) is 52.4 Å². The van der Waals surface area contributed by atoms with Crippen LogP contribution in [0.2, 0.25) is 0 Å². The van der Waals surface area contributed by atoms with Gasteiger partial charge in [-0.15, -0.1) is 0 Å². The highest BCUT2D eigenvalue weighted by Crippen LogP contribution is 2.54. The van der Waals surface area contributed by atoms with Crippen LogP contribution in [-0.4, -0.2) is 66.7 Å². The summed E-state index contributed by atoms with van der Waals surface area (Å²) in [4.78, 5) is 69.3. The minimum Gasteiger partial charge on any atom is -0.479 e. The van der Waals surface area contributed by atoms with Crippen molar-refractivity contribution in [3.05, 3.63) is 34.9 Å². The number of carbonyl (C=O) groups is 5. The van der Waals surface area contributed by atoms with E-state index in [0.717, 1.165) is 0 Å². The van der Waals surface area contributed by atoms with Crippen molar-refractivity contribution in [3.8, 4) is 0 Å². The molecule has 12 heteroatoms. The fraction of sp³-hybridized carbons (Fsp3) is 0.560. The molecule has 1 fully saturated rings. The predicted molar refractivity (Wildman–Crippen MR) is 126 cm³/mol. The van der Waals surface area contributed by atoms with E-state index in [1.165, 1.54) is 6.07 Å². The van der Waals surface area contributed by atoms with Crippen molar-refractivity contribution in [1.29, 1.82) is 0 Å². The summed E-state index contributed by atoms with van der Waals surface area (Å²) in [7, 11) is 0. The lowest BCUT2D eigenvalue weighted by Gasteiger charge is -2.29. The molecule has 202 valence electrons. The van der Waals surface area contributed by atoms with Crippen LogP contribution in [0.5, 0.6) is 0 Å². The molecule has 0 radical (unpaired) electrons. The van der Waals surface area contributed by atoms with E-state index in [1.54, 1.807) is 32.9 Å². The Morgan fingerprint density at radius 3 is 2.46 bits per heavy atom. The van der Waals surface area contributed by atoms with Gasteiger partial charge in [-0.25, -0.2) is 24.2 Å². The van der Waals surface area contributed by atoms with Crippen molar-refractivity contribution in [1.82, 2.24) is 10.6 Å². The van der Waals surface area contributed by atoms with Crippen LogP contribution >= 0.6 is 0 Å². The summed E-state index contributed by atoms with van der Waals surface area (Å²) in [5, 5.41) is 13.9. The van der Waals surface area contributed by atoms with E-state index in [2.05, 4.69) is 10.6 Å². The minimum absolute atomic E-state index is 0.139. The molecule has 2 amide bonds. The third-order valence-electron chi connectivity index (χ3n) is 6.03. The van der Waals surface area contributed by atoms with E-state index in [4.69, 9.17) is 24.4 Å². The normalized spacial score (nSPS) is 22.2. The molecular weight excluding hydrogens is 488 g/mol. The van der Waals surface area contributed by atoms with E-state index in [0.29, 0.717) is 44.2 Å². The largest absolute Gasteiger partial charge is 0.479 e. The first kappa shape index (κ1) is 28.1. The first-order valence-corrected chi connectivity index (χ1v) is 12.0. The van der Waals surface area contributed by atoms with Crippen LogP contribution in [0.25, 0.3) is 0 Å². The maximum atomic E-state index is 13.3. The number of ketones is 1. The summed E-state index contributed by atoms with van der Waals surface area (Å²) in [6, 6.07) is 4.58. The van der Waals surface area contributed by atoms with Gasteiger partial charge in [0.25, 0.3) is 5.60 Å². The predicted octanol–water partition coefficient (Wildman–Crippen LogP) is 1.83. The fourth-order valence-electron chi connectivity index (χ4n) is 4.33. The summed E-state index contributed by atoms with van der Waals surface area (Å²) >= 11 is 0. The van der Waals surface area contributed by atoms with Gasteiger partial charge in [0.1, 0.15) is 11.7 Å². The van der Waals surface area contributed by atoms with Gasteiger partial charge in [-0.3, -0.25) is 9.59 Å². The zero-order valence-corrected chi connectivity index (χ0v) is 21.0. The first-order valence-electron chi connectivity index (χ1n) is 12.0. The fourth-order valence-corrected chi connectivity index (χ4v) is 4.33. The molecule has 12 nitrogen and oxygen atoms in total. The Bertz CT molecular complexity index is 1040. The van der Waals surface area contributed by atoms with Crippen LogP contribution in [0, 0.1) is 5.92 Å². The van der Waals surface area contributed by atoms with Gasteiger partial charge < -0.3 is 25.2 Å². The van der Waals surface area contributed by atoms with Crippen molar-refractivity contribution in [2.75, 3.05) is 19.7 Å². The van der Waals surface area contributed by atoms with Crippen LogP contribution in [0.4, 0.5) is 4.79 Å². The molecule has 1 saturated carbocycles. The van der Waals surface area contributed by atoms with Gasteiger partial charge in [0.2, 0.25) is 6.41 Å². The van der Waals surface area contributed by atoms with Gasteiger partial charge >= 0.3 is 18.0 Å². The van der Waals surface area contributed by atoms with Crippen molar-refractivity contribution in [3.63, 3.8) is 0 Å². The van der Waals surface area contributed by atoms with Crippen molar-refractivity contribution < 1.29 is 48.3 Å². The number of rotatable bonds is 12. The number of hydrogen-bond donors (Lipinski definition) is 3. The molecular formula is C25H32N2O10. The number of alkyl carbamates (subject to hydrolysis) is 1. The van der Waals surface area contributed by atoms with Gasteiger partial charge in [0.05, 0.1) is 6.54 Å². The van der Waals surface area contributed by atoms with Crippen molar-refractivity contribution in [2.45, 2.75) is 63.8 Å².